The molecule has 4 nitrogen and oxygen atoms in total. The SMILES string of the molecule is COc1ccccc1Cn1cnc2cc(-c3ccc(Cl)cc3)sc2c1=O. The third-order valence-corrected chi connectivity index (χ3v) is 5.58. The number of nitrogens with zero attached hydrogens (tertiary/aromatic N) is 2. The average Bonchev–Trinajstić information content (AvgIpc) is 3.10. The molecule has 0 saturated carbocycles. The Labute approximate surface area is 159 Å². The molecule has 4 aromatic rings. The number of aromatic nitrogens is 2. The van der Waals surface area contributed by atoms with Crippen molar-refractivity contribution in [3.05, 3.63) is 81.9 Å². The van der Waals surface area contributed by atoms with E-state index in [0.29, 0.717) is 21.8 Å². The van der Waals surface area contributed by atoms with Crippen molar-refractivity contribution < 1.29 is 4.74 Å². The topological polar surface area (TPSA) is 44.1 Å². The summed E-state index contributed by atoms with van der Waals surface area (Å²) < 4.78 is 7.63. The molecular weight excluding hydrogens is 368 g/mol. The largest absolute Gasteiger partial charge is 0.496 e. The summed E-state index contributed by atoms with van der Waals surface area (Å²) in [6.45, 7) is 0.417. The van der Waals surface area contributed by atoms with Gasteiger partial charge in [0.05, 0.1) is 25.5 Å². The molecule has 0 bridgehead atoms. The van der Waals surface area contributed by atoms with Crippen molar-refractivity contribution in [1.29, 1.82) is 0 Å². The molecule has 0 aliphatic carbocycles. The Hall–Kier alpha value is -2.63. The maximum atomic E-state index is 12.9. The van der Waals surface area contributed by atoms with E-state index in [1.54, 1.807) is 18.0 Å². The van der Waals surface area contributed by atoms with Gasteiger partial charge in [0.15, 0.2) is 0 Å². The summed E-state index contributed by atoms with van der Waals surface area (Å²) >= 11 is 7.40. The summed E-state index contributed by atoms with van der Waals surface area (Å²) in [5.41, 5.74) is 2.62. The van der Waals surface area contributed by atoms with Crippen molar-refractivity contribution in [2.45, 2.75) is 6.54 Å². The van der Waals surface area contributed by atoms with E-state index in [0.717, 1.165) is 21.8 Å². The van der Waals surface area contributed by atoms with Crippen LogP contribution in [0.3, 0.4) is 0 Å². The van der Waals surface area contributed by atoms with Crippen LogP contribution < -0.4 is 10.3 Å². The van der Waals surface area contributed by atoms with Crippen LogP contribution >= 0.6 is 22.9 Å². The van der Waals surface area contributed by atoms with Crippen molar-refractivity contribution >= 4 is 33.2 Å². The normalized spacial score (nSPS) is 11.0. The van der Waals surface area contributed by atoms with Gasteiger partial charge in [0.2, 0.25) is 0 Å². The molecule has 2 aromatic carbocycles. The maximum Gasteiger partial charge on any atom is 0.271 e. The standard InChI is InChI=1S/C20H15ClN2O2S/c1-25-17-5-3-2-4-14(17)11-23-12-22-16-10-18(26-19(16)20(23)24)13-6-8-15(21)9-7-13/h2-10,12H,11H2,1H3. The van der Waals surface area contributed by atoms with Crippen LogP contribution in [0.4, 0.5) is 0 Å². The molecule has 0 aliphatic heterocycles. The average molecular weight is 383 g/mol. The molecular formula is C20H15ClN2O2S. The lowest BCUT2D eigenvalue weighted by Crippen LogP contribution is -2.20. The van der Waals surface area contributed by atoms with E-state index in [-0.39, 0.29) is 5.56 Å². The minimum Gasteiger partial charge on any atom is -0.496 e. The van der Waals surface area contributed by atoms with Crippen LogP contribution in [0.15, 0.2) is 65.7 Å². The Morgan fingerprint density at radius 1 is 1.15 bits per heavy atom. The molecule has 0 amide bonds. The Morgan fingerprint density at radius 2 is 1.92 bits per heavy atom. The Morgan fingerprint density at radius 3 is 2.69 bits per heavy atom. The van der Waals surface area contributed by atoms with Crippen LogP contribution in [-0.2, 0) is 6.54 Å². The monoisotopic (exact) mass is 382 g/mol. The second-order valence-corrected chi connectivity index (χ2v) is 7.31. The smallest absolute Gasteiger partial charge is 0.271 e. The molecule has 0 N–H and O–H groups in total. The molecule has 6 heteroatoms. The van der Waals surface area contributed by atoms with Gasteiger partial charge in [-0.2, -0.15) is 0 Å². The van der Waals surface area contributed by atoms with Crippen LogP contribution in [0, 0.1) is 0 Å². The van der Waals surface area contributed by atoms with Crippen molar-refractivity contribution in [3.8, 4) is 16.2 Å². The van der Waals surface area contributed by atoms with Gasteiger partial charge in [0.25, 0.3) is 5.56 Å². The number of hydrogen-bond acceptors (Lipinski definition) is 4. The molecule has 0 unspecified atom stereocenters. The van der Waals surface area contributed by atoms with Gasteiger partial charge in [-0.1, -0.05) is 41.9 Å². The van der Waals surface area contributed by atoms with Gasteiger partial charge in [-0.25, -0.2) is 4.98 Å². The molecule has 0 radical (unpaired) electrons. The first-order chi connectivity index (χ1) is 12.7. The number of benzene rings is 2. The van der Waals surface area contributed by atoms with E-state index in [1.165, 1.54) is 11.3 Å². The van der Waals surface area contributed by atoms with Gasteiger partial charge in [-0.05, 0) is 29.8 Å². The van der Waals surface area contributed by atoms with E-state index in [1.807, 2.05) is 54.6 Å². The summed E-state index contributed by atoms with van der Waals surface area (Å²) in [4.78, 5) is 18.4. The van der Waals surface area contributed by atoms with Gasteiger partial charge < -0.3 is 4.74 Å². The van der Waals surface area contributed by atoms with Crippen molar-refractivity contribution in [1.82, 2.24) is 9.55 Å². The van der Waals surface area contributed by atoms with E-state index in [9.17, 15) is 4.79 Å². The summed E-state index contributed by atoms with van der Waals surface area (Å²) in [5.74, 6) is 0.757. The van der Waals surface area contributed by atoms with E-state index >= 15 is 0 Å². The molecule has 4 rings (SSSR count). The zero-order valence-electron chi connectivity index (χ0n) is 14.0. The number of rotatable bonds is 4. The first-order valence-electron chi connectivity index (χ1n) is 8.02. The summed E-state index contributed by atoms with van der Waals surface area (Å²) in [6, 6.07) is 17.2. The summed E-state index contributed by atoms with van der Waals surface area (Å²) in [7, 11) is 1.63. The molecule has 26 heavy (non-hydrogen) atoms. The fourth-order valence-electron chi connectivity index (χ4n) is 2.83. The summed E-state index contributed by atoms with van der Waals surface area (Å²) in [6.07, 6.45) is 1.59. The predicted octanol–water partition coefficient (Wildman–Crippen LogP) is 4.84. The number of ether oxygens (including phenoxy) is 1. The number of methoxy groups -OCH3 is 1. The Kier molecular flexibility index (Phi) is 4.49. The fourth-order valence-corrected chi connectivity index (χ4v) is 4.02. The van der Waals surface area contributed by atoms with Gasteiger partial charge >= 0.3 is 0 Å². The second-order valence-electron chi connectivity index (χ2n) is 5.82. The fraction of sp³-hybridized carbons (Fsp3) is 0.100. The number of fused-ring (bicyclic) bond motifs is 1. The molecule has 2 aromatic heterocycles. The molecule has 0 fully saturated rings. The van der Waals surface area contributed by atoms with Crippen LogP contribution in [0.1, 0.15) is 5.56 Å². The molecule has 0 spiro atoms. The lowest BCUT2D eigenvalue weighted by Gasteiger charge is -2.09. The Balaban J connectivity index is 1.75. The van der Waals surface area contributed by atoms with Crippen molar-refractivity contribution in [2.24, 2.45) is 0 Å². The van der Waals surface area contributed by atoms with Crippen molar-refractivity contribution in [2.75, 3.05) is 7.11 Å². The van der Waals surface area contributed by atoms with E-state index < -0.39 is 0 Å². The minimum atomic E-state index is -0.0499. The first kappa shape index (κ1) is 16.8. The highest BCUT2D eigenvalue weighted by Gasteiger charge is 2.12. The van der Waals surface area contributed by atoms with Crippen molar-refractivity contribution in [3.63, 3.8) is 0 Å². The predicted molar refractivity (Wildman–Crippen MR) is 106 cm³/mol. The number of thiophene rings is 1. The number of hydrogen-bond donors (Lipinski definition) is 0. The quantitative estimate of drug-likeness (QED) is 0.507. The number of para-hydroxylation sites is 1. The highest BCUT2D eigenvalue weighted by atomic mass is 35.5. The lowest BCUT2D eigenvalue weighted by molar-refractivity contribution is 0.408. The summed E-state index contributed by atoms with van der Waals surface area (Å²) in [5, 5.41) is 0.687. The second kappa shape index (κ2) is 6.94. The maximum absolute atomic E-state index is 12.9. The third kappa shape index (κ3) is 3.11. The highest BCUT2D eigenvalue weighted by Crippen LogP contribution is 2.31. The van der Waals surface area contributed by atoms with Gasteiger partial charge in [0, 0.05) is 15.5 Å². The van der Waals surface area contributed by atoms with Crippen LogP contribution in [-0.4, -0.2) is 16.7 Å². The first-order valence-corrected chi connectivity index (χ1v) is 9.22. The molecule has 0 saturated heterocycles. The zero-order valence-corrected chi connectivity index (χ0v) is 15.6. The minimum absolute atomic E-state index is 0.0499. The van der Waals surface area contributed by atoms with E-state index in [4.69, 9.17) is 16.3 Å². The molecule has 130 valence electrons. The lowest BCUT2D eigenvalue weighted by atomic mass is 10.2. The van der Waals surface area contributed by atoms with Crippen LogP contribution in [0.2, 0.25) is 5.02 Å². The third-order valence-electron chi connectivity index (χ3n) is 4.17. The highest BCUT2D eigenvalue weighted by molar-refractivity contribution is 7.22. The molecule has 0 aliphatic rings. The molecule has 0 atom stereocenters. The zero-order chi connectivity index (χ0) is 18.1. The number of halogens is 1. The van der Waals surface area contributed by atoms with Crippen LogP contribution in [0.25, 0.3) is 20.7 Å². The van der Waals surface area contributed by atoms with Gasteiger partial charge in [-0.15, -0.1) is 11.3 Å². The van der Waals surface area contributed by atoms with E-state index in [2.05, 4.69) is 4.98 Å². The van der Waals surface area contributed by atoms with Gasteiger partial charge in [0.1, 0.15) is 10.4 Å². The van der Waals surface area contributed by atoms with Gasteiger partial charge in [-0.3, -0.25) is 9.36 Å². The Bertz CT molecular complexity index is 1130. The molecule has 2 heterocycles. The van der Waals surface area contributed by atoms with Crippen LogP contribution in [0.5, 0.6) is 5.75 Å².